The van der Waals surface area contributed by atoms with Crippen LogP contribution in [0.2, 0.25) is 0 Å². The monoisotopic (exact) mass is 344 g/mol. The summed E-state index contributed by atoms with van der Waals surface area (Å²) in [5.41, 5.74) is -0.246. The van der Waals surface area contributed by atoms with Gasteiger partial charge < -0.3 is 15.2 Å². The Labute approximate surface area is 125 Å². The molecule has 0 aromatic heterocycles. The van der Waals surface area contributed by atoms with Crippen molar-refractivity contribution in [3.05, 3.63) is 38.3 Å². The zero-order chi connectivity index (χ0) is 14.8. The van der Waals surface area contributed by atoms with Gasteiger partial charge in [-0.1, -0.05) is 15.9 Å². The van der Waals surface area contributed by atoms with E-state index < -0.39 is 10.5 Å². The lowest BCUT2D eigenvalue weighted by Gasteiger charge is -2.26. The number of benzene rings is 1. The number of ether oxygens (including phenoxy) is 1. The van der Waals surface area contributed by atoms with Crippen LogP contribution in [0.1, 0.15) is 18.9 Å². The molecule has 1 heterocycles. The summed E-state index contributed by atoms with van der Waals surface area (Å²) in [6.45, 7) is 3.04. The minimum Gasteiger partial charge on any atom is -0.386 e. The van der Waals surface area contributed by atoms with E-state index in [1.54, 1.807) is 12.1 Å². The first-order valence-corrected chi connectivity index (χ1v) is 7.19. The maximum absolute atomic E-state index is 11.0. The van der Waals surface area contributed by atoms with Crippen LogP contribution in [-0.4, -0.2) is 34.9 Å². The van der Waals surface area contributed by atoms with Crippen molar-refractivity contribution in [2.24, 2.45) is 0 Å². The first-order chi connectivity index (χ1) is 9.42. The predicted octanol–water partition coefficient (Wildman–Crippen LogP) is 1.99. The Morgan fingerprint density at radius 2 is 2.40 bits per heavy atom. The van der Waals surface area contributed by atoms with Crippen molar-refractivity contribution in [3.63, 3.8) is 0 Å². The molecule has 1 aliphatic heterocycles. The second kappa shape index (κ2) is 6.17. The number of nitrogens with zero attached hydrogens (tertiary/aromatic N) is 1. The topological polar surface area (TPSA) is 84.6 Å². The minimum atomic E-state index is -0.902. The van der Waals surface area contributed by atoms with Gasteiger partial charge in [0.25, 0.3) is 5.69 Å². The molecule has 2 N–H and O–H groups in total. The number of aliphatic hydroxyl groups is 1. The Morgan fingerprint density at radius 1 is 1.65 bits per heavy atom. The Bertz CT molecular complexity index is 511. The molecule has 2 unspecified atom stereocenters. The van der Waals surface area contributed by atoms with Gasteiger partial charge in [-0.2, -0.15) is 0 Å². The molecular weight excluding hydrogens is 328 g/mol. The van der Waals surface area contributed by atoms with E-state index in [0.29, 0.717) is 31.7 Å². The van der Waals surface area contributed by atoms with E-state index in [0.717, 1.165) is 4.47 Å². The molecule has 0 saturated carbocycles. The molecule has 0 aliphatic carbocycles. The summed E-state index contributed by atoms with van der Waals surface area (Å²) in [6, 6.07) is 4.82. The van der Waals surface area contributed by atoms with E-state index in [1.807, 2.05) is 6.92 Å². The van der Waals surface area contributed by atoms with Gasteiger partial charge in [0.15, 0.2) is 0 Å². The van der Waals surface area contributed by atoms with Gasteiger partial charge in [0, 0.05) is 42.2 Å². The number of rotatable bonds is 5. The average Bonchev–Trinajstić information content (AvgIpc) is 2.69. The van der Waals surface area contributed by atoms with Crippen molar-refractivity contribution in [2.45, 2.75) is 31.6 Å². The van der Waals surface area contributed by atoms with Crippen molar-refractivity contribution in [1.29, 1.82) is 0 Å². The van der Waals surface area contributed by atoms with Crippen LogP contribution in [0.4, 0.5) is 5.69 Å². The van der Waals surface area contributed by atoms with Gasteiger partial charge in [-0.15, -0.1) is 0 Å². The maximum atomic E-state index is 11.0. The molecule has 1 aliphatic rings. The summed E-state index contributed by atoms with van der Waals surface area (Å²) in [5, 5.41) is 24.4. The molecule has 7 heteroatoms. The zero-order valence-electron chi connectivity index (χ0n) is 11.1. The summed E-state index contributed by atoms with van der Waals surface area (Å²) >= 11 is 3.30. The lowest BCUT2D eigenvalue weighted by molar-refractivity contribution is -0.385. The van der Waals surface area contributed by atoms with Crippen molar-refractivity contribution >= 4 is 21.6 Å². The highest BCUT2D eigenvalue weighted by molar-refractivity contribution is 9.10. The highest BCUT2D eigenvalue weighted by Gasteiger charge is 2.39. The van der Waals surface area contributed by atoms with Crippen LogP contribution in [0.3, 0.4) is 0 Å². The lowest BCUT2D eigenvalue weighted by atomic mass is 9.96. The number of nitro groups is 1. The number of hydrogen-bond acceptors (Lipinski definition) is 5. The molecule has 1 aromatic carbocycles. The van der Waals surface area contributed by atoms with E-state index in [4.69, 9.17) is 4.74 Å². The van der Waals surface area contributed by atoms with Crippen LogP contribution in [0, 0.1) is 10.1 Å². The molecule has 6 nitrogen and oxygen atoms in total. The number of nitrogens with one attached hydrogen (secondary N) is 1. The second-order valence-electron chi connectivity index (χ2n) is 5.00. The lowest BCUT2D eigenvalue weighted by Crippen LogP contribution is -2.45. The summed E-state index contributed by atoms with van der Waals surface area (Å²) in [4.78, 5) is 10.6. The first kappa shape index (κ1) is 15.4. The summed E-state index contributed by atoms with van der Waals surface area (Å²) in [6.07, 6.45) is 0.342. The summed E-state index contributed by atoms with van der Waals surface area (Å²) in [5.74, 6) is 0. The highest BCUT2D eigenvalue weighted by Crippen LogP contribution is 2.26. The average molecular weight is 345 g/mol. The molecule has 1 fully saturated rings. The molecule has 1 saturated heterocycles. The minimum absolute atomic E-state index is 0.0726. The van der Waals surface area contributed by atoms with Crippen LogP contribution in [0.15, 0.2) is 22.7 Å². The van der Waals surface area contributed by atoms with E-state index in [-0.39, 0.29) is 11.8 Å². The molecular formula is C13H17BrN2O4. The second-order valence-corrected chi connectivity index (χ2v) is 5.92. The molecule has 20 heavy (non-hydrogen) atoms. The molecule has 0 spiro atoms. The maximum Gasteiger partial charge on any atom is 0.273 e. The van der Waals surface area contributed by atoms with Gasteiger partial charge in [-0.05, 0) is 19.1 Å². The molecule has 2 rings (SSSR count). The Kier molecular flexibility index (Phi) is 4.74. The van der Waals surface area contributed by atoms with Crippen molar-refractivity contribution in [3.8, 4) is 0 Å². The molecule has 0 amide bonds. The van der Waals surface area contributed by atoms with Gasteiger partial charge in [0.05, 0.1) is 11.0 Å². The van der Waals surface area contributed by atoms with Gasteiger partial charge in [-0.3, -0.25) is 10.1 Å². The number of hydrogen-bond donors (Lipinski definition) is 2. The van der Waals surface area contributed by atoms with Crippen LogP contribution in [-0.2, 0) is 11.3 Å². The van der Waals surface area contributed by atoms with E-state index in [9.17, 15) is 15.2 Å². The van der Waals surface area contributed by atoms with Crippen LogP contribution >= 0.6 is 15.9 Å². The molecule has 0 radical (unpaired) electrons. The smallest absolute Gasteiger partial charge is 0.273 e. The summed E-state index contributed by atoms with van der Waals surface area (Å²) < 4.78 is 6.13. The van der Waals surface area contributed by atoms with E-state index >= 15 is 0 Å². The number of halogens is 1. The normalized spacial score (nSPS) is 25.9. The largest absolute Gasteiger partial charge is 0.386 e. The van der Waals surface area contributed by atoms with Crippen molar-refractivity contribution in [2.75, 3.05) is 13.2 Å². The third-order valence-electron chi connectivity index (χ3n) is 3.64. The molecule has 110 valence electrons. The fourth-order valence-electron chi connectivity index (χ4n) is 2.29. The zero-order valence-corrected chi connectivity index (χ0v) is 12.7. The molecule has 2 atom stereocenters. The molecule has 0 bridgehead atoms. The predicted molar refractivity (Wildman–Crippen MR) is 77.5 cm³/mol. The van der Waals surface area contributed by atoms with Gasteiger partial charge >= 0.3 is 0 Å². The third kappa shape index (κ3) is 3.35. The third-order valence-corrected chi connectivity index (χ3v) is 4.14. The summed E-state index contributed by atoms with van der Waals surface area (Å²) in [7, 11) is 0. The van der Waals surface area contributed by atoms with Crippen LogP contribution in [0.25, 0.3) is 0 Å². The SMILES string of the molecule is CC1OCCC1(O)CNCc1cc(Br)ccc1[N+](=O)[O-]. The van der Waals surface area contributed by atoms with E-state index in [2.05, 4.69) is 21.2 Å². The Hall–Kier alpha value is -1.02. The molecule has 1 aromatic rings. The first-order valence-electron chi connectivity index (χ1n) is 6.40. The van der Waals surface area contributed by atoms with E-state index in [1.165, 1.54) is 6.07 Å². The van der Waals surface area contributed by atoms with Crippen LogP contribution < -0.4 is 5.32 Å². The van der Waals surface area contributed by atoms with Crippen molar-refractivity contribution < 1.29 is 14.8 Å². The van der Waals surface area contributed by atoms with Crippen LogP contribution in [0.5, 0.6) is 0 Å². The van der Waals surface area contributed by atoms with Gasteiger partial charge in [0.1, 0.15) is 5.60 Å². The van der Waals surface area contributed by atoms with Gasteiger partial charge in [0.2, 0.25) is 0 Å². The van der Waals surface area contributed by atoms with Gasteiger partial charge in [-0.25, -0.2) is 0 Å². The standard InChI is InChI=1S/C13H17BrN2O4/c1-9-13(17,4-5-20-9)8-15-7-10-6-11(14)2-3-12(10)16(18)19/h2-3,6,9,15,17H,4-5,7-8H2,1H3. The Morgan fingerprint density at radius 3 is 3.00 bits per heavy atom. The number of nitro benzene ring substituents is 1. The van der Waals surface area contributed by atoms with Crippen molar-refractivity contribution in [1.82, 2.24) is 5.32 Å². The highest BCUT2D eigenvalue weighted by atomic mass is 79.9. The fraction of sp³-hybridized carbons (Fsp3) is 0.538. The fourth-order valence-corrected chi connectivity index (χ4v) is 2.70. The quantitative estimate of drug-likeness (QED) is 0.630. The Balaban J connectivity index is 2.00.